The highest BCUT2D eigenvalue weighted by Gasteiger charge is 2.02. The summed E-state index contributed by atoms with van der Waals surface area (Å²) in [6.45, 7) is 0.755. The minimum atomic E-state index is 0.656. The third-order valence-corrected chi connectivity index (χ3v) is 3.00. The number of pyridine rings is 1. The van der Waals surface area contributed by atoms with Crippen LogP contribution in [0.5, 0.6) is 5.88 Å². The van der Waals surface area contributed by atoms with E-state index in [-0.39, 0.29) is 0 Å². The van der Waals surface area contributed by atoms with Gasteiger partial charge in [-0.1, -0.05) is 24.3 Å². The Balaban J connectivity index is 1.96. The second kappa shape index (κ2) is 4.53. The third kappa shape index (κ3) is 1.95. The molecule has 3 rings (SSSR count). The molecule has 0 radical (unpaired) electrons. The first-order valence-electron chi connectivity index (χ1n) is 5.90. The van der Waals surface area contributed by atoms with Crippen molar-refractivity contribution in [2.45, 2.75) is 6.54 Å². The first-order chi connectivity index (χ1) is 8.86. The van der Waals surface area contributed by atoms with Gasteiger partial charge in [0.05, 0.1) is 19.3 Å². The lowest BCUT2D eigenvalue weighted by Gasteiger charge is -2.06. The van der Waals surface area contributed by atoms with Crippen LogP contribution >= 0.6 is 0 Å². The number of methoxy groups -OCH3 is 1. The average Bonchev–Trinajstić information content (AvgIpc) is 2.83. The maximum Gasteiger partial charge on any atom is 0.213 e. The van der Waals surface area contributed by atoms with Gasteiger partial charge in [0.15, 0.2) is 0 Å². The molecule has 2 aromatic heterocycles. The van der Waals surface area contributed by atoms with Crippen LogP contribution in [0.2, 0.25) is 0 Å². The van der Waals surface area contributed by atoms with E-state index in [0.29, 0.717) is 5.88 Å². The molecule has 0 aliphatic carbocycles. The zero-order valence-corrected chi connectivity index (χ0v) is 10.2. The number of ether oxygens (including phenoxy) is 1. The summed E-state index contributed by atoms with van der Waals surface area (Å²) in [4.78, 5) is 4.43. The summed E-state index contributed by atoms with van der Waals surface area (Å²) in [6, 6.07) is 16.3. The Morgan fingerprint density at radius 1 is 1.06 bits per heavy atom. The lowest BCUT2D eigenvalue weighted by Crippen LogP contribution is -2.01. The monoisotopic (exact) mass is 238 g/mol. The van der Waals surface area contributed by atoms with Gasteiger partial charge in [0.1, 0.15) is 0 Å². The first-order valence-corrected chi connectivity index (χ1v) is 5.90. The van der Waals surface area contributed by atoms with Gasteiger partial charge in [-0.2, -0.15) is 0 Å². The molecule has 0 aliphatic rings. The maximum absolute atomic E-state index is 5.14. The quantitative estimate of drug-likeness (QED) is 0.701. The number of fused-ring (bicyclic) bond motifs is 1. The number of aromatic nitrogens is 2. The molecule has 1 aromatic carbocycles. The largest absolute Gasteiger partial charge is 0.481 e. The minimum absolute atomic E-state index is 0.656. The first kappa shape index (κ1) is 10.8. The van der Waals surface area contributed by atoms with Crippen LogP contribution in [0, 0.1) is 0 Å². The van der Waals surface area contributed by atoms with Gasteiger partial charge in [0.25, 0.3) is 0 Å². The fourth-order valence-electron chi connectivity index (χ4n) is 2.11. The topological polar surface area (TPSA) is 27.1 Å². The van der Waals surface area contributed by atoms with Crippen LogP contribution in [0.4, 0.5) is 0 Å². The van der Waals surface area contributed by atoms with Crippen LogP contribution in [-0.2, 0) is 6.54 Å². The van der Waals surface area contributed by atoms with Crippen molar-refractivity contribution in [1.29, 1.82) is 0 Å². The van der Waals surface area contributed by atoms with Gasteiger partial charge in [0.2, 0.25) is 5.88 Å². The summed E-state index contributed by atoms with van der Waals surface area (Å²) in [5.74, 6) is 0.656. The smallest absolute Gasteiger partial charge is 0.213 e. The number of benzene rings is 1. The Morgan fingerprint density at radius 2 is 1.94 bits per heavy atom. The Morgan fingerprint density at radius 3 is 2.83 bits per heavy atom. The lowest BCUT2D eigenvalue weighted by molar-refractivity contribution is 0.396. The van der Waals surface area contributed by atoms with E-state index in [0.717, 1.165) is 12.2 Å². The van der Waals surface area contributed by atoms with Gasteiger partial charge in [0, 0.05) is 17.8 Å². The highest BCUT2D eigenvalue weighted by atomic mass is 16.5. The van der Waals surface area contributed by atoms with E-state index >= 15 is 0 Å². The Bertz CT molecular complexity index is 673. The van der Waals surface area contributed by atoms with Gasteiger partial charge in [-0.25, -0.2) is 4.98 Å². The summed E-state index contributed by atoms with van der Waals surface area (Å²) in [7, 11) is 1.64. The van der Waals surface area contributed by atoms with Crippen molar-refractivity contribution < 1.29 is 4.74 Å². The van der Waals surface area contributed by atoms with Crippen LogP contribution in [0.15, 0.2) is 54.7 Å². The van der Waals surface area contributed by atoms with E-state index in [1.807, 2.05) is 18.2 Å². The van der Waals surface area contributed by atoms with Crippen LogP contribution < -0.4 is 4.74 Å². The average molecular weight is 238 g/mol. The highest BCUT2D eigenvalue weighted by molar-refractivity contribution is 5.79. The molecule has 3 heteroatoms. The molecule has 0 saturated heterocycles. The summed E-state index contributed by atoms with van der Waals surface area (Å²) in [5.41, 5.74) is 2.22. The third-order valence-electron chi connectivity index (χ3n) is 3.00. The molecule has 0 bridgehead atoms. The van der Waals surface area contributed by atoms with Gasteiger partial charge in [-0.15, -0.1) is 0 Å². The zero-order valence-electron chi connectivity index (χ0n) is 10.2. The van der Waals surface area contributed by atoms with Crippen molar-refractivity contribution in [2.75, 3.05) is 7.11 Å². The maximum atomic E-state index is 5.14. The minimum Gasteiger partial charge on any atom is -0.481 e. The van der Waals surface area contributed by atoms with E-state index in [2.05, 4.69) is 46.1 Å². The number of para-hydroxylation sites is 1. The molecule has 0 fully saturated rings. The van der Waals surface area contributed by atoms with Gasteiger partial charge < -0.3 is 9.30 Å². The molecular formula is C15H14N2O. The molecule has 0 atom stereocenters. The highest BCUT2D eigenvalue weighted by Crippen LogP contribution is 2.17. The van der Waals surface area contributed by atoms with Crippen molar-refractivity contribution in [3.63, 3.8) is 0 Å². The van der Waals surface area contributed by atoms with E-state index in [4.69, 9.17) is 4.74 Å². The fraction of sp³-hybridized carbons (Fsp3) is 0.133. The second-order valence-corrected chi connectivity index (χ2v) is 4.17. The SMILES string of the molecule is COc1cccc(Cn2ccc3ccccc32)n1. The van der Waals surface area contributed by atoms with Crippen molar-refractivity contribution in [3.8, 4) is 5.88 Å². The molecule has 3 aromatic rings. The van der Waals surface area contributed by atoms with Gasteiger partial charge in [-0.3, -0.25) is 0 Å². The standard InChI is InChI=1S/C15H14N2O/c1-18-15-8-4-6-13(16-15)11-17-10-9-12-5-2-3-7-14(12)17/h2-10H,11H2,1H3. The lowest BCUT2D eigenvalue weighted by atomic mass is 10.2. The molecule has 90 valence electrons. The molecule has 0 spiro atoms. The normalized spacial score (nSPS) is 10.7. The summed E-state index contributed by atoms with van der Waals surface area (Å²) in [5, 5.41) is 1.25. The van der Waals surface area contributed by atoms with Crippen LogP contribution in [-0.4, -0.2) is 16.7 Å². The van der Waals surface area contributed by atoms with Crippen molar-refractivity contribution in [3.05, 3.63) is 60.4 Å². The number of rotatable bonds is 3. The Hall–Kier alpha value is -2.29. The van der Waals surface area contributed by atoms with Crippen molar-refractivity contribution in [1.82, 2.24) is 9.55 Å². The molecule has 0 unspecified atom stereocenters. The van der Waals surface area contributed by atoms with E-state index < -0.39 is 0 Å². The van der Waals surface area contributed by atoms with E-state index in [1.165, 1.54) is 10.9 Å². The second-order valence-electron chi connectivity index (χ2n) is 4.17. The fourth-order valence-corrected chi connectivity index (χ4v) is 2.11. The summed E-state index contributed by atoms with van der Waals surface area (Å²) >= 11 is 0. The molecule has 3 nitrogen and oxygen atoms in total. The summed E-state index contributed by atoms with van der Waals surface area (Å²) in [6.07, 6.45) is 2.09. The molecule has 2 heterocycles. The Labute approximate surface area is 106 Å². The van der Waals surface area contributed by atoms with E-state index in [9.17, 15) is 0 Å². The number of nitrogens with zero attached hydrogens (tertiary/aromatic N) is 2. The van der Waals surface area contributed by atoms with E-state index in [1.54, 1.807) is 7.11 Å². The zero-order chi connectivity index (χ0) is 12.4. The molecule has 0 saturated carbocycles. The predicted molar refractivity (Wildman–Crippen MR) is 71.8 cm³/mol. The summed E-state index contributed by atoms with van der Waals surface area (Å²) < 4.78 is 7.33. The molecule has 18 heavy (non-hydrogen) atoms. The Kier molecular flexibility index (Phi) is 2.73. The molecule has 0 N–H and O–H groups in total. The van der Waals surface area contributed by atoms with Crippen LogP contribution in [0.3, 0.4) is 0 Å². The van der Waals surface area contributed by atoms with Gasteiger partial charge in [-0.05, 0) is 23.6 Å². The molecule has 0 aliphatic heterocycles. The number of hydrogen-bond donors (Lipinski definition) is 0. The van der Waals surface area contributed by atoms with Crippen LogP contribution in [0.25, 0.3) is 10.9 Å². The van der Waals surface area contributed by atoms with Crippen molar-refractivity contribution >= 4 is 10.9 Å². The van der Waals surface area contributed by atoms with Gasteiger partial charge >= 0.3 is 0 Å². The predicted octanol–water partition coefficient (Wildman–Crippen LogP) is 3.09. The van der Waals surface area contributed by atoms with Crippen LogP contribution in [0.1, 0.15) is 5.69 Å². The van der Waals surface area contributed by atoms with Crippen molar-refractivity contribution in [2.24, 2.45) is 0 Å². The molecule has 0 amide bonds. The number of hydrogen-bond acceptors (Lipinski definition) is 2. The molecular weight excluding hydrogens is 224 g/mol.